The van der Waals surface area contributed by atoms with E-state index in [0.717, 1.165) is 29.0 Å². The first-order valence-electron chi connectivity index (χ1n) is 6.83. The van der Waals surface area contributed by atoms with E-state index < -0.39 is 0 Å². The molecule has 2 N–H and O–H groups in total. The summed E-state index contributed by atoms with van der Waals surface area (Å²) in [6, 6.07) is 14.0. The molecule has 3 heteroatoms. The van der Waals surface area contributed by atoms with Gasteiger partial charge >= 0.3 is 0 Å². The van der Waals surface area contributed by atoms with E-state index in [2.05, 4.69) is 13.0 Å². The van der Waals surface area contributed by atoms with Gasteiger partial charge in [0.15, 0.2) is 0 Å². The van der Waals surface area contributed by atoms with Gasteiger partial charge in [-0.25, -0.2) is 0 Å². The number of methoxy groups -OCH3 is 1. The molecule has 0 aliphatic carbocycles. The van der Waals surface area contributed by atoms with E-state index >= 15 is 0 Å². The summed E-state index contributed by atoms with van der Waals surface area (Å²) in [5.41, 5.74) is 9.89. The summed E-state index contributed by atoms with van der Waals surface area (Å²) in [6.07, 6.45) is 0.863. The van der Waals surface area contributed by atoms with Crippen molar-refractivity contribution in [1.82, 2.24) is 0 Å². The number of para-hydroxylation sites is 1. The number of fused-ring (bicyclic) bond motifs is 1. The smallest absolute Gasteiger partial charge is 0.123 e. The van der Waals surface area contributed by atoms with Crippen LogP contribution in [0.4, 0.5) is 0 Å². The fourth-order valence-electron chi connectivity index (χ4n) is 2.76. The third-order valence-electron chi connectivity index (χ3n) is 3.91. The van der Waals surface area contributed by atoms with Gasteiger partial charge in [0.2, 0.25) is 0 Å². The second-order valence-electron chi connectivity index (χ2n) is 5.22. The molecule has 1 aliphatic rings. The minimum Gasteiger partial charge on any atom is -0.497 e. The molecule has 0 aromatic heterocycles. The summed E-state index contributed by atoms with van der Waals surface area (Å²) in [5.74, 6) is 1.81. The number of nitrogens with two attached hydrogens (primary N) is 1. The van der Waals surface area contributed by atoms with Crippen molar-refractivity contribution >= 4 is 0 Å². The fourth-order valence-corrected chi connectivity index (χ4v) is 2.76. The zero-order valence-electron chi connectivity index (χ0n) is 11.8. The Morgan fingerprint density at radius 2 is 2.05 bits per heavy atom. The Labute approximate surface area is 119 Å². The lowest BCUT2D eigenvalue weighted by Crippen LogP contribution is -2.30. The van der Waals surface area contributed by atoms with Crippen LogP contribution in [0, 0.1) is 6.92 Å². The number of hydrogen-bond acceptors (Lipinski definition) is 3. The summed E-state index contributed by atoms with van der Waals surface area (Å²) in [7, 11) is 1.67. The van der Waals surface area contributed by atoms with Crippen LogP contribution in [0.1, 0.15) is 22.7 Å². The van der Waals surface area contributed by atoms with E-state index in [1.54, 1.807) is 7.11 Å². The van der Waals surface area contributed by atoms with Crippen LogP contribution in [-0.4, -0.2) is 13.2 Å². The molecule has 20 heavy (non-hydrogen) atoms. The summed E-state index contributed by atoms with van der Waals surface area (Å²) < 4.78 is 11.2. The van der Waals surface area contributed by atoms with Crippen molar-refractivity contribution in [3.8, 4) is 11.5 Å². The monoisotopic (exact) mass is 269 g/mol. The maximum Gasteiger partial charge on any atom is 0.123 e. The Balaban J connectivity index is 1.82. The number of aryl methyl sites for hydroxylation is 1. The van der Waals surface area contributed by atoms with Crippen LogP contribution in [0.5, 0.6) is 11.5 Å². The second kappa shape index (κ2) is 5.17. The maximum atomic E-state index is 6.41. The largest absolute Gasteiger partial charge is 0.497 e. The number of rotatable bonds is 3. The molecule has 1 aliphatic heterocycles. The minimum atomic E-state index is -0.131. The molecule has 0 fully saturated rings. The quantitative estimate of drug-likeness (QED) is 0.931. The Bertz CT molecular complexity index is 599. The normalized spacial score (nSPS) is 18.2. The summed E-state index contributed by atoms with van der Waals surface area (Å²) in [5, 5.41) is 0. The van der Waals surface area contributed by atoms with Crippen LogP contribution in [0.3, 0.4) is 0 Å². The lowest BCUT2D eigenvalue weighted by Gasteiger charge is -2.21. The highest BCUT2D eigenvalue weighted by atomic mass is 16.5. The van der Waals surface area contributed by atoms with Gasteiger partial charge in [0.05, 0.1) is 13.2 Å². The van der Waals surface area contributed by atoms with E-state index in [1.165, 1.54) is 5.56 Å². The molecule has 0 spiro atoms. The highest BCUT2D eigenvalue weighted by molar-refractivity contribution is 5.41. The lowest BCUT2D eigenvalue weighted by atomic mass is 9.95. The molecule has 2 aromatic rings. The van der Waals surface area contributed by atoms with Crippen LogP contribution in [0.25, 0.3) is 0 Å². The van der Waals surface area contributed by atoms with Gasteiger partial charge in [0.25, 0.3) is 0 Å². The highest BCUT2D eigenvalue weighted by Crippen LogP contribution is 2.34. The van der Waals surface area contributed by atoms with E-state index in [0.29, 0.717) is 0 Å². The van der Waals surface area contributed by atoms with Crippen molar-refractivity contribution in [1.29, 1.82) is 0 Å². The topological polar surface area (TPSA) is 44.5 Å². The van der Waals surface area contributed by atoms with E-state index in [9.17, 15) is 0 Å². The molecule has 0 amide bonds. The van der Waals surface area contributed by atoms with Gasteiger partial charge in [-0.2, -0.15) is 0 Å². The average molecular weight is 269 g/mol. The molecule has 2 unspecified atom stereocenters. The Morgan fingerprint density at radius 3 is 2.75 bits per heavy atom. The van der Waals surface area contributed by atoms with Crippen LogP contribution in [0.2, 0.25) is 0 Å². The first-order chi connectivity index (χ1) is 9.69. The van der Waals surface area contributed by atoms with E-state index in [-0.39, 0.29) is 12.1 Å². The summed E-state index contributed by atoms with van der Waals surface area (Å²) >= 11 is 0. The van der Waals surface area contributed by atoms with Gasteiger partial charge in [-0.1, -0.05) is 24.3 Å². The molecule has 0 radical (unpaired) electrons. The molecular formula is C17H19NO2. The molecule has 2 atom stereocenters. The van der Waals surface area contributed by atoms with Gasteiger partial charge in [0, 0.05) is 6.42 Å². The predicted molar refractivity (Wildman–Crippen MR) is 79.2 cm³/mol. The van der Waals surface area contributed by atoms with Gasteiger partial charge in [-0.05, 0) is 41.8 Å². The molecule has 3 nitrogen and oxygen atoms in total. The maximum absolute atomic E-state index is 6.41. The second-order valence-corrected chi connectivity index (χ2v) is 5.22. The molecule has 1 heterocycles. The van der Waals surface area contributed by atoms with Gasteiger partial charge < -0.3 is 15.2 Å². The average Bonchev–Trinajstić information content (AvgIpc) is 2.90. The van der Waals surface area contributed by atoms with Crippen molar-refractivity contribution in [3.05, 3.63) is 59.2 Å². The van der Waals surface area contributed by atoms with Crippen molar-refractivity contribution in [3.63, 3.8) is 0 Å². The van der Waals surface area contributed by atoms with E-state index in [1.807, 2.05) is 36.4 Å². The number of benzene rings is 2. The molecule has 104 valence electrons. The van der Waals surface area contributed by atoms with Gasteiger partial charge in [-0.3, -0.25) is 0 Å². The van der Waals surface area contributed by atoms with Crippen molar-refractivity contribution < 1.29 is 9.47 Å². The first-order valence-corrected chi connectivity index (χ1v) is 6.83. The van der Waals surface area contributed by atoms with Crippen LogP contribution < -0.4 is 15.2 Å². The number of hydrogen-bond donors (Lipinski definition) is 1. The molecule has 0 bridgehead atoms. The van der Waals surface area contributed by atoms with E-state index in [4.69, 9.17) is 15.2 Å². The summed E-state index contributed by atoms with van der Waals surface area (Å²) in [4.78, 5) is 0. The van der Waals surface area contributed by atoms with Crippen molar-refractivity contribution in [2.24, 2.45) is 5.73 Å². The third-order valence-corrected chi connectivity index (χ3v) is 3.91. The zero-order chi connectivity index (χ0) is 14.1. The summed E-state index contributed by atoms with van der Waals surface area (Å²) in [6.45, 7) is 2.06. The van der Waals surface area contributed by atoms with Crippen molar-refractivity contribution in [2.45, 2.75) is 25.5 Å². The number of ether oxygens (including phenoxy) is 2. The SMILES string of the molecule is COc1ccc(C(N)C2Cc3ccccc3O2)c(C)c1. The van der Waals surface area contributed by atoms with Crippen LogP contribution in [0.15, 0.2) is 42.5 Å². The Kier molecular flexibility index (Phi) is 3.36. The standard InChI is InChI=1S/C17H19NO2/c1-11-9-13(19-2)7-8-14(11)17(18)16-10-12-5-3-4-6-15(12)20-16/h3-9,16-17H,10,18H2,1-2H3. The highest BCUT2D eigenvalue weighted by Gasteiger charge is 2.29. The van der Waals surface area contributed by atoms with Crippen molar-refractivity contribution in [2.75, 3.05) is 7.11 Å². The first kappa shape index (κ1) is 13.0. The Hall–Kier alpha value is -2.00. The Morgan fingerprint density at radius 1 is 1.25 bits per heavy atom. The molecule has 0 saturated heterocycles. The molecule has 0 saturated carbocycles. The molecular weight excluding hydrogens is 250 g/mol. The van der Waals surface area contributed by atoms with Crippen LogP contribution in [-0.2, 0) is 6.42 Å². The predicted octanol–water partition coefficient (Wildman–Crippen LogP) is 3.01. The van der Waals surface area contributed by atoms with Crippen LogP contribution >= 0.6 is 0 Å². The lowest BCUT2D eigenvalue weighted by molar-refractivity contribution is 0.199. The fraction of sp³-hybridized carbons (Fsp3) is 0.294. The third kappa shape index (κ3) is 2.25. The minimum absolute atomic E-state index is 0.000468. The molecule has 2 aromatic carbocycles. The zero-order valence-corrected chi connectivity index (χ0v) is 11.8. The molecule has 3 rings (SSSR count). The van der Waals surface area contributed by atoms with Gasteiger partial charge in [-0.15, -0.1) is 0 Å². The van der Waals surface area contributed by atoms with Gasteiger partial charge in [0.1, 0.15) is 17.6 Å².